The molecule has 0 aromatic carbocycles. The lowest BCUT2D eigenvalue weighted by Gasteiger charge is -2.05. The molecule has 0 atom stereocenters. The highest BCUT2D eigenvalue weighted by atomic mass is 32.1. The summed E-state index contributed by atoms with van der Waals surface area (Å²) in [6.07, 6.45) is 5.95. The minimum Gasteiger partial charge on any atom is -0.388 e. The summed E-state index contributed by atoms with van der Waals surface area (Å²) < 4.78 is 4.00. The molecule has 0 saturated carbocycles. The van der Waals surface area contributed by atoms with Gasteiger partial charge in [0.05, 0.1) is 17.9 Å². The summed E-state index contributed by atoms with van der Waals surface area (Å²) in [6.45, 7) is 0.668. The molecule has 18 heavy (non-hydrogen) atoms. The van der Waals surface area contributed by atoms with Crippen LogP contribution in [0.3, 0.4) is 0 Å². The zero-order valence-electron chi connectivity index (χ0n) is 9.65. The lowest BCUT2D eigenvalue weighted by molar-refractivity contribution is 0.780. The van der Waals surface area contributed by atoms with E-state index >= 15 is 0 Å². The highest BCUT2D eigenvalue weighted by Gasteiger charge is 2.06. The van der Waals surface area contributed by atoms with Crippen molar-refractivity contribution in [2.45, 2.75) is 6.54 Å². The standard InChI is InChI=1S/C13H12N4S/c14-13(18)11-4-3-7-16(11)8-10-9-17-6-2-1-5-12(17)15-10/h1-7,9H,8H2,(H2,14,18). The Bertz CT molecular complexity index is 677. The number of fused-ring (bicyclic) bond motifs is 1. The van der Waals surface area contributed by atoms with Gasteiger partial charge in [0.15, 0.2) is 0 Å². The molecule has 0 saturated heterocycles. The second-order valence-electron chi connectivity index (χ2n) is 4.08. The van der Waals surface area contributed by atoms with E-state index in [1.54, 1.807) is 0 Å². The van der Waals surface area contributed by atoms with Gasteiger partial charge in [0.25, 0.3) is 0 Å². The van der Waals surface area contributed by atoms with Crippen LogP contribution < -0.4 is 5.73 Å². The number of hydrogen-bond donors (Lipinski definition) is 1. The van der Waals surface area contributed by atoms with Crippen LogP contribution in [0.2, 0.25) is 0 Å². The average molecular weight is 256 g/mol. The first-order valence-corrected chi connectivity index (χ1v) is 6.02. The molecule has 0 unspecified atom stereocenters. The Balaban J connectivity index is 1.96. The molecule has 0 amide bonds. The summed E-state index contributed by atoms with van der Waals surface area (Å²) in [5, 5.41) is 0. The first-order chi connectivity index (χ1) is 8.74. The van der Waals surface area contributed by atoms with Gasteiger partial charge in [-0.15, -0.1) is 0 Å². The Morgan fingerprint density at radius 1 is 1.22 bits per heavy atom. The summed E-state index contributed by atoms with van der Waals surface area (Å²) in [4.78, 5) is 4.95. The summed E-state index contributed by atoms with van der Waals surface area (Å²) in [5.41, 5.74) is 8.46. The molecule has 3 aromatic heterocycles. The van der Waals surface area contributed by atoms with E-state index in [0.717, 1.165) is 17.0 Å². The van der Waals surface area contributed by atoms with Crippen LogP contribution in [0.25, 0.3) is 5.65 Å². The van der Waals surface area contributed by atoms with Gasteiger partial charge in [-0.2, -0.15) is 0 Å². The molecule has 90 valence electrons. The number of hydrogen-bond acceptors (Lipinski definition) is 2. The lowest BCUT2D eigenvalue weighted by atomic mass is 10.4. The first-order valence-electron chi connectivity index (χ1n) is 5.61. The fourth-order valence-electron chi connectivity index (χ4n) is 2.01. The number of thiocarbonyl (C=S) groups is 1. The van der Waals surface area contributed by atoms with E-state index in [0.29, 0.717) is 11.5 Å². The molecule has 0 bridgehead atoms. The summed E-state index contributed by atoms with van der Waals surface area (Å²) in [7, 11) is 0. The van der Waals surface area contributed by atoms with Crippen molar-refractivity contribution in [1.29, 1.82) is 0 Å². The molecule has 3 heterocycles. The van der Waals surface area contributed by atoms with Crippen LogP contribution in [0.1, 0.15) is 11.4 Å². The third-order valence-electron chi connectivity index (χ3n) is 2.83. The monoisotopic (exact) mass is 256 g/mol. The molecule has 0 radical (unpaired) electrons. The van der Waals surface area contributed by atoms with Gasteiger partial charge in [0.1, 0.15) is 10.6 Å². The van der Waals surface area contributed by atoms with E-state index in [4.69, 9.17) is 18.0 Å². The number of nitrogens with zero attached hydrogens (tertiary/aromatic N) is 3. The topological polar surface area (TPSA) is 48.2 Å². The molecule has 0 fully saturated rings. The van der Waals surface area contributed by atoms with Crippen molar-refractivity contribution in [3.63, 3.8) is 0 Å². The number of pyridine rings is 1. The van der Waals surface area contributed by atoms with Gasteiger partial charge in [-0.05, 0) is 24.3 Å². The number of rotatable bonds is 3. The van der Waals surface area contributed by atoms with Gasteiger partial charge in [-0.3, -0.25) is 0 Å². The predicted molar refractivity (Wildman–Crippen MR) is 74.6 cm³/mol. The molecule has 3 aromatic rings. The van der Waals surface area contributed by atoms with Crippen molar-refractivity contribution in [2.24, 2.45) is 5.73 Å². The Morgan fingerprint density at radius 2 is 2.11 bits per heavy atom. The van der Waals surface area contributed by atoms with Crippen LogP contribution in [0, 0.1) is 0 Å². The number of nitrogens with two attached hydrogens (primary N) is 1. The molecule has 0 aliphatic heterocycles. The molecule has 0 aliphatic rings. The van der Waals surface area contributed by atoms with Crippen molar-refractivity contribution in [3.8, 4) is 0 Å². The van der Waals surface area contributed by atoms with E-state index in [-0.39, 0.29) is 0 Å². The van der Waals surface area contributed by atoms with Crippen LogP contribution in [0.5, 0.6) is 0 Å². The predicted octanol–water partition coefficient (Wildman–Crippen LogP) is 1.82. The first kappa shape index (κ1) is 11.0. The quantitative estimate of drug-likeness (QED) is 0.727. The molecular formula is C13H12N4S. The smallest absolute Gasteiger partial charge is 0.137 e. The van der Waals surface area contributed by atoms with E-state index in [1.807, 2.05) is 57.9 Å². The summed E-state index contributed by atoms with van der Waals surface area (Å²) in [6, 6.07) is 9.78. The fraction of sp³-hybridized carbons (Fsp3) is 0.0769. The Hall–Kier alpha value is -2.14. The van der Waals surface area contributed by atoms with Crippen molar-refractivity contribution in [3.05, 3.63) is 60.3 Å². The van der Waals surface area contributed by atoms with Crippen molar-refractivity contribution in [1.82, 2.24) is 14.0 Å². The van der Waals surface area contributed by atoms with E-state index < -0.39 is 0 Å². The maximum atomic E-state index is 5.67. The van der Waals surface area contributed by atoms with E-state index in [2.05, 4.69) is 4.98 Å². The second kappa shape index (κ2) is 4.27. The van der Waals surface area contributed by atoms with Crippen molar-refractivity contribution >= 4 is 22.9 Å². The lowest BCUT2D eigenvalue weighted by Crippen LogP contribution is -2.15. The van der Waals surface area contributed by atoms with Crippen LogP contribution in [-0.2, 0) is 6.54 Å². The number of aromatic nitrogens is 3. The van der Waals surface area contributed by atoms with Gasteiger partial charge < -0.3 is 14.7 Å². The zero-order valence-corrected chi connectivity index (χ0v) is 10.5. The molecule has 5 heteroatoms. The number of imidazole rings is 1. The minimum absolute atomic E-state index is 0.406. The molecule has 2 N–H and O–H groups in total. The van der Waals surface area contributed by atoms with Crippen LogP contribution in [0.4, 0.5) is 0 Å². The average Bonchev–Trinajstić information content (AvgIpc) is 2.94. The van der Waals surface area contributed by atoms with Gasteiger partial charge >= 0.3 is 0 Å². The van der Waals surface area contributed by atoms with Crippen LogP contribution in [-0.4, -0.2) is 18.9 Å². The fourth-order valence-corrected chi connectivity index (χ4v) is 2.20. The highest BCUT2D eigenvalue weighted by molar-refractivity contribution is 7.80. The zero-order chi connectivity index (χ0) is 12.5. The molecule has 0 aliphatic carbocycles. The SMILES string of the molecule is NC(=S)c1cccn1Cc1cn2ccccc2n1. The third-order valence-corrected chi connectivity index (χ3v) is 3.04. The van der Waals surface area contributed by atoms with E-state index in [9.17, 15) is 0 Å². The maximum absolute atomic E-state index is 5.67. The molecule has 0 spiro atoms. The normalized spacial score (nSPS) is 10.9. The van der Waals surface area contributed by atoms with Gasteiger partial charge in [0, 0.05) is 18.6 Å². The largest absolute Gasteiger partial charge is 0.388 e. The van der Waals surface area contributed by atoms with Crippen molar-refractivity contribution < 1.29 is 0 Å². The molecular weight excluding hydrogens is 244 g/mol. The van der Waals surface area contributed by atoms with E-state index in [1.165, 1.54) is 0 Å². The molecule has 4 nitrogen and oxygen atoms in total. The Labute approximate surface area is 110 Å². The van der Waals surface area contributed by atoms with Gasteiger partial charge in [-0.25, -0.2) is 4.98 Å². The summed E-state index contributed by atoms with van der Waals surface area (Å²) in [5.74, 6) is 0. The minimum atomic E-state index is 0.406. The molecule has 3 rings (SSSR count). The summed E-state index contributed by atoms with van der Waals surface area (Å²) >= 11 is 5.02. The Morgan fingerprint density at radius 3 is 2.89 bits per heavy atom. The maximum Gasteiger partial charge on any atom is 0.137 e. The second-order valence-corrected chi connectivity index (χ2v) is 4.52. The Kier molecular flexibility index (Phi) is 2.60. The van der Waals surface area contributed by atoms with Crippen molar-refractivity contribution in [2.75, 3.05) is 0 Å². The van der Waals surface area contributed by atoms with Crippen LogP contribution >= 0.6 is 12.2 Å². The van der Waals surface area contributed by atoms with Gasteiger partial charge in [-0.1, -0.05) is 18.3 Å². The highest BCUT2D eigenvalue weighted by Crippen LogP contribution is 2.09. The van der Waals surface area contributed by atoms with Gasteiger partial charge in [0.2, 0.25) is 0 Å². The van der Waals surface area contributed by atoms with Crippen LogP contribution in [0.15, 0.2) is 48.9 Å². The third kappa shape index (κ3) is 1.89.